The lowest BCUT2D eigenvalue weighted by atomic mass is 10.3. The maximum atomic E-state index is 13.0. The van der Waals surface area contributed by atoms with Gasteiger partial charge in [0.25, 0.3) is 0 Å². The molecule has 2 aromatic heterocycles. The number of aldehydes is 1. The van der Waals surface area contributed by atoms with Crippen molar-refractivity contribution in [2.45, 2.75) is 0 Å². The Kier molecular flexibility index (Phi) is 1.40. The molecule has 0 fully saturated rings. The first-order valence-corrected chi connectivity index (χ1v) is 3.39. The van der Waals surface area contributed by atoms with Crippen molar-refractivity contribution in [1.29, 1.82) is 0 Å². The zero-order chi connectivity index (χ0) is 8.55. The van der Waals surface area contributed by atoms with Gasteiger partial charge >= 0.3 is 0 Å². The average Bonchev–Trinajstić information content (AvgIpc) is 2.49. The van der Waals surface area contributed by atoms with Crippen molar-refractivity contribution < 1.29 is 9.18 Å². The summed E-state index contributed by atoms with van der Waals surface area (Å²) in [5, 5.41) is 0.347. The molecule has 60 valence electrons. The Morgan fingerprint density at radius 3 is 3.08 bits per heavy atom. The third-order valence-corrected chi connectivity index (χ3v) is 1.63. The topological polar surface area (TPSA) is 45.8 Å². The second kappa shape index (κ2) is 2.41. The minimum Gasteiger partial charge on any atom is -0.337 e. The molecule has 1 N–H and O–H groups in total. The third kappa shape index (κ3) is 0.887. The highest BCUT2D eigenvalue weighted by Crippen LogP contribution is 2.14. The summed E-state index contributed by atoms with van der Waals surface area (Å²) in [5.74, 6) is -0.371. The van der Waals surface area contributed by atoms with E-state index in [9.17, 15) is 9.18 Å². The van der Waals surface area contributed by atoms with E-state index in [1.807, 2.05) is 0 Å². The molecule has 0 unspecified atom stereocenters. The first kappa shape index (κ1) is 6.97. The number of nitrogens with zero attached hydrogens (tertiary/aromatic N) is 1. The van der Waals surface area contributed by atoms with Gasteiger partial charge in [-0.25, -0.2) is 9.37 Å². The molecule has 0 aliphatic rings. The molecular weight excluding hydrogens is 159 g/mol. The van der Waals surface area contributed by atoms with E-state index in [4.69, 9.17) is 0 Å². The number of aromatic amines is 1. The molecule has 3 nitrogen and oxygen atoms in total. The molecule has 0 amide bonds. The molecular formula is C8H5FN2O. The van der Waals surface area contributed by atoms with Crippen LogP contribution in [0.5, 0.6) is 0 Å². The van der Waals surface area contributed by atoms with E-state index < -0.39 is 0 Å². The number of carbonyl (C=O) groups excluding carboxylic acids is 1. The summed E-state index contributed by atoms with van der Waals surface area (Å²) in [6, 6.07) is 2.69. The van der Waals surface area contributed by atoms with Gasteiger partial charge in [-0.05, 0) is 12.1 Å². The molecule has 2 heterocycles. The minimum atomic E-state index is -0.371. The molecule has 0 aliphatic heterocycles. The average molecular weight is 164 g/mol. The summed E-state index contributed by atoms with van der Waals surface area (Å²) in [6.07, 6.45) is 1.98. The minimum absolute atomic E-state index is 0.336. The number of hydrogen-bond donors (Lipinski definition) is 1. The number of aromatic nitrogens is 2. The van der Waals surface area contributed by atoms with Gasteiger partial charge in [-0.1, -0.05) is 0 Å². The largest absolute Gasteiger partial charge is 0.337 e. The van der Waals surface area contributed by atoms with Gasteiger partial charge in [-0.3, -0.25) is 4.79 Å². The summed E-state index contributed by atoms with van der Waals surface area (Å²) in [4.78, 5) is 16.8. The van der Waals surface area contributed by atoms with Gasteiger partial charge in [0.1, 0.15) is 11.5 Å². The van der Waals surface area contributed by atoms with Gasteiger partial charge in [-0.2, -0.15) is 0 Å². The highest BCUT2D eigenvalue weighted by molar-refractivity contribution is 5.85. The van der Waals surface area contributed by atoms with Crippen molar-refractivity contribution >= 4 is 17.3 Å². The van der Waals surface area contributed by atoms with E-state index in [2.05, 4.69) is 9.97 Å². The van der Waals surface area contributed by atoms with E-state index in [0.717, 1.165) is 0 Å². The Morgan fingerprint density at radius 1 is 1.58 bits per heavy atom. The van der Waals surface area contributed by atoms with Crippen LogP contribution in [0, 0.1) is 5.82 Å². The van der Waals surface area contributed by atoms with Crippen LogP contribution in [0.4, 0.5) is 4.39 Å². The van der Waals surface area contributed by atoms with Gasteiger partial charge in [0.15, 0.2) is 6.29 Å². The van der Waals surface area contributed by atoms with Gasteiger partial charge in [0.05, 0.1) is 11.1 Å². The molecule has 0 radical (unpaired) electrons. The Bertz CT molecular complexity index is 436. The van der Waals surface area contributed by atoms with Crippen LogP contribution in [0.25, 0.3) is 11.0 Å². The maximum absolute atomic E-state index is 13.0. The first-order valence-electron chi connectivity index (χ1n) is 3.39. The molecule has 4 heteroatoms. The standard InChI is InChI=1S/C8H5FN2O/c9-7-1-2-10-8-6(7)3-5(4-12)11-8/h1-4H,(H,10,11). The van der Waals surface area contributed by atoms with Crippen LogP contribution in [0.2, 0.25) is 0 Å². The van der Waals surface area contributed by atoms with E-state index >= 15 is 0 Å². The third-order valence-electron chi connectivity index (χ3n) is 1.63. The van der Waals surface area contributed by atoms with Gasteiger partial charge in [-0.15, -0.1) is 0 Å². The Labute approximate surface area is 67.2 Å². The number of hydrogen-bond acceptors (Lipinski definition) is 2. The lowest BCUT2D eigenvalue weighted by molar-refractivity contribution is 0.112. The maximum Gasteiger partial charge on any atom is 0.166 e. The fourth-order valence-electron chi connectivity index (χ4n) is 1.08. The van der Waals surface area contributed by atoms with E-state index in [1.165, 1.54) is 18.3 Å². The highest BCUT2D eigenvalue weighted by Gasteiger charge is 2.04. The van der Waals surface area contributed by atoms with Crippen molar-refractivity contribution in [2.24, 2.45) is 0 Å². The number of carbonyl (C=O) groups is 1. The zero-order valence-corrected chi connectivity index (χ0v) is 6.04. The van der Waals surface area contributed by atoms with E-state index in [1.54, 1.807) is 0 Å². The predicted octanol–water partition coefficient (Wildman–Crippen LogP) is 1.51. The quantitative estimate of drug-likeness (QED) is 0.649. The second-order valence-corrected chi connectivity index (χ2v) is 2.40. The predicted molar refractivity (Wildman–Crippen MR) is 41.4 cm³/mol. The van der Waals surface area contributed by atoms with Gasteiger partial charge in [0, 0.05) is 6.20 Å². The number of halogens is 1. The number of pyridine rings is 1. The molecule has 0 aromatic carbocycles. The number of nitrogens with one attached hydrogen (secondary N) is 1. The lowest BCUT2D eigenvalue weighted by Gasteiger charge is -1.87. The summed E-state index contributed by atoms with van der Waals surface area (Å²) in [5.41, 5.74) is 0.736. The molecule has 12 heavy (non-hydrogen) atoms. The summed E-state index contributed by atoms with van der Waals surface area (Å²) < 4.78 is 13.0. The highest BCUT2D eigenvalue weighted by atomic mass is 19.1. The molecule has 0 bridgehead atoms. The molecule has 0 saturated heterocycles. The molecule has 2 aromatic rings. The molecule has 0 saturated carbocycles. The van der Waals surface area contributed by atoms with Crippen LogP contribution in [0.15, 0.2) is 18.3 Å². The van der Waals surface area contributed by atoms with E-state index in [-0.39, 0.29) is 5.82 Å². The molecule has 2 rings (SSSR count). The Balaban J connectivity index is 2.82. The second-order valence-electron chi connectivity index (χ2n) is 2.40. The monoisotopic (exact) mass is 164 g/mol. The van der Waals surface area contributed by atoms with Gasteiger partial charge in [0.2, 0.25) is 0 Å². The smallest absolute Gasteiger partial charge is 0.166 e. The Morgan fingerprint density at radius 2 is 2.42 bits per heavy atom. The van der Waals surface area contributed by atoms with Crippen LogP contribution >= 0.6 is 0 Å². The van der Waals surface area contributed by atoms with Crippen molar-refractivity contribution in [1.82, 2.24) is 9.97 Å². The summed E-state index contributed by atoms with van der Waals surface area (Å²) in [6.45, 7) is 0. The van der Waals surface area contributed by atoms with Crippen molar-refractivity contribution in [2.75, 3.05) is 0 Å². The van der Waals surface area contributed by atoms with Gasteiger partial charge < -0.3 is 4.98 Å². The molecule has 0 aliphatic carbocycles. The van der Waals surface area contributed by atoms with E-state index in [0.29, 0.717) is 23.0 Å². The van der Waals surface area contributed by atoms with Crippen LogP contribution < -0.4 is 0 Å². The molecule has 0 atom stereocenters. The summed E-state index contributed by atoms with van der Waals surface area (Å²) >= 11 is 0. The number of rotatable bonds is 1. The van der Waals surface area contributed by atoms with Crippen molar-refractivity contribution in [3.63, 3.8) is 0 Å². The number of fused-ring (bicyclic) bond motifs is 1. The molecule has 0 spiro atoms. The number of H-pyrrole nitrogens is 1. The van der Waals surface area contributed by atoms with Crippen LogP contribution in [0.1, 0.15) is 10.5 Å². The van der Waals surface area contributed by atoms with Crippen LogP contribution in [-0.4, -0.2) is 16.3 Å². The van der Waals surface area contributed by atoms with Crippen molar-refractivity contribution in [3.05, 3.63) is 29.8 Å². The first-order chi connectivity index (χ1) is 5.81. The fraction of sp³-hybridized carbons (Fsp3) is 0. The lowest BCUT2D eigenvalue weighted by Crippen LogP contribution is -1.79. The SMILES string of the molecule is O=Cc1cc2c(F)ccnc2[nH]1. The Hall–Kier alpha value is -1.71. The summed E-state index contributed by atoms with van der Waals surface area (Å²) in [7, 11) is 0. The normalized spacial score (nSPS) is 10.4. The fourth-order valence-corrected chi connectivity index (χ4v) is 1.08. The zero-order valence-electron chi connectivity index (χ0n) is 6.04. The van der Waals surface area contributed by atoms with Crippen molar-refractivity contribution in [3.8, 4) is 0 Å². The van der Waals surface area contributed by atoms with Crippen LogP contribution in [0.3, 0.4) is 0 Å². The van der Waals surface area contributed by atoms with Crippen LogP contribution in [-0.2, 0) is 0 Å².